The van der Waals surface area contributed by atoms with E-state index in [1.165, 1.54) is 9.77 Å². The number of nitrogens with zero attached hydrogens (tertiary/aromatic N) is 2. The van der Waals surface area contributed by atoms with E-state index >= 15 is 0 Å². The molecule has 0 aromatic carbocycles. The normalized spacial score (nSPS) is 17.6. The highest BCUT2D eigenvalue weighted by atomic mass is 32.2. The Morgan fingerprint density at radius 2 is 2.30 bits per heavy atom. The Morgan fingerprint density at radius 1 is 1.48 bits per heavy atom. The lowest BCUT2D eigenvalue weighted by atomic mass is 10.1. The van der Waals surface area contributed by atoms with Crippen LogP contribution in [0.2, 0.25) is 0 Å². The van der Waals surface area contributed by atoms with Crippen LogP contribution in [0.3, 0.4) is 0 Å². The van der Waals surface area contributed by atoms with Crippen LogP contribution in [0.1, 0.15) is 41.9 Å². The zero-order valence-corrected chi connectivity index (χ0v) is 14.5. The van der Waals surface area contributed by atoms with E-state index in [9.17, 15) is 4.79 Å². The Labute approximate surface area is 143 Å². The quantitative estimate of drug-likeness (QED) is 0.789. The van der Waals surface area contributed by atoms with E-state index in [2.05, 4.69) is 16.1 Å². The molecule has 2 aliphatic heterocycles. The predicted octanol–water partition coefficient (Wildman–Crippen LogP) is 3.75. The van der Waals surface area contributed by atoms with E-state index in [0.29, 0.717) is 12.3 Å². The molecule has 0 spiro atoms. The largest absolute Gasteiger partial charge is 0.461 e. The molecule has 2 aromatic heterocycles. The Hall–Kier alpha value is -1.31. The number of esters is 1. The lowest BCUT2D eigenvalue weighted by Gasteiger charge is -2.25. The Morgan fingerprint density at radius 3 is 3.09 bits per heavy atom. The lowest BCUT2D eigenvalue weighted by Crippen LogP contribution is -2.21. The molecule has 4 heterocycles. The highest BCUT2D eigenvalue weighted by Crippen LogP contribution is 2.47. The number of carbonyl (C=O) groups excluding carboxylic acids is 1. The Balaban J connectivity index is 1.84. The summed E-state index contributed by atoms with van der Waals surface area (Å²) < 4.78 is 14.1. The first-order valence-electron chi connectivity index (χ1n) is 7.86. The van der Waals surface area contributed by atoms with Crippen LogP contribution in [0.4, 0.5) is 0 Å². The van der Waals surface area contributed by atoms with Gasteiger partial charge in [0.1, 0.15) is 0 Å². The van der Waals surface area contributed by atoms with Gasteiger partial charge in [-0.2, -0.15) is 5.10 Å². The van der Waals surface area contributed by atoms with Crippen LogP contribution < -0.4 is 0 Å². The van der Waals surface area contributed by atoms with E-state index < -0.39 is 0 Å². The van der Waals surface area contributed by atoms with Gasteiger partial charge in [-0.25, -0.2) is 4.79 Å². The molecule has 0 saturated carbocycles. The van der Waals surface area contributed by atoms with Crippen molar-refractivity contribution in [3.63, 3.8) is 0 Å². The number of thioether (sulfide) groups is 1. The molecule has 23 heavy (non-hydrogen) atoms. The summed E-state index contributed by atoms with van der Waals surface area (Å²) in [6, 6.07) is 2.42. The van der Waals surface area contributed by atoms with E-state index in [1.54, 1.807) is 23.1 Å². The fourth-order valence-electron chi connectivity index (χ4n) is 3.17. The highest BCUT2D eigenvalue weighted by molar-refractivity contribution is 8.00. The number of rotatable bonds is 3. The van der Waals surface area contributed by atoms with Gasteiger partial charge >= 0.3 is 5.97 Å². The van der Waals surface area contributed by atoms with Crippen LogP contribution in [-0.4, -0.2) is 35.6 Å². The number of ether oxygens (including phenoxy) is 2. The third-order valence-electron chi connectivity index (χ3n) is 4.25. The van der Waals surface area contributed by atoms with Crippen LogP contribution in [0.15, 0.2) is 15.7 Å². The van der Waals surface area contributed by atoms with Crippen LogP contribution in [0, 0.1) is 0 Å². The molecule has 0 amide bonds. The third-order valence-corrected chi connectivity index (χ3v) is 6.51. The third kappa shape index (κ3) is 2.60. The summed E-state index contributed by atoms with van der Waals surface area (Å²) in [7, 11) is 0. The zero-order chi connectivity index (χ0) is 15.8. The van der Waals surface area contributed by atoms with E-state index in [-0.39, 0.29) is 12.0 Å². The number of fused-ring (bicyclic) bond motifs is 3. The maximum atomic E-state index is 12.3. The van der Waals surface area contributed by atoms with Crippen molar-refractivity contribution in [3.8, 4) is 11.3 Å². The summed E-state index contributed by atoms with van der Waals surface area (Å²) in [6.45, 7) is 3.69. The molecule has 0 aliphatic carbocycles. The predicted molar refractivity (Wildman–Crippen MR) is 90.1 cm³/mol. The average molecular weight is 350 g/mol. The molecule has 122 valence electrons. The molecule has 2 aromatic rings. The molecular formula is C16H18N2O3S2. The maximum absolute atomic E-state index is 12.3. The SMILES string of the molecule is CCOC(=O)c1nn(C2CCOCC2)c2c1CSc1sccc1-2. The average Bonchev–Trinajstić information content (AvgIpc) is 3.19. The second-order valence-electron chi connectivity index (χ2n) is 5.59. The standard InChI is InChI=1S/C16H18N2O3S2/c1-2-21-15(19)13-12-9-23-16-11(5-8-22-16)14(12)18(17-13)10-3-6-20-7-4-10/h5,8,10H,2-4,6-7,9H2,1H3. The molecule has 4 rings (SSSR count). The molecule has 0 N–H and O–H groups in total. The first-order valence-corrected chi connectivity index (χ1v) is 9.73. The molecule has 0 atom stereocenters. The zero-order valence-electron chi connectivity index (χ0n) is 12.9. The van der Waals surface area contributed by atoms with Crippen LogP contribution in [0.5, 0.6) is 0 Å². The molecule has 0 radical (unpaired) electrons. The molecule has 1 saturated heterocycles. The minimum Gasteiger partial charge on any atom is -0.461 e. The molecule has 2 aliphatic rings. The number of carbonyl (C=O) groups is 1. The van der Waals surface area contributed by atoms with Crippen molar-refractivity contribution in [2.24, 2.45) is 0 Å². The van der Waals surface area contributed by atoms with Crippen molar-refractivity contribution in [3.05, 3.63) is 22.7 Å². The smallest absolute Gasteiger partial charge is 0.359 e. The summed E-state index contributed by atoms with van der Waals surface area (Å²) in [5.74, 6) is 0.467. The fourth-order valence-corrected chi connectivity index (χ4v) is 5.27. The topological polar surface area (TPSA) is 53.3 Å². The molecule has 1 fully saturated rings. The van der Waals surface area contributed by atoms with Crippen LogP contribution in [0.25, 0.3) is 11.3 Å². The summed E-state index contributed by atoms with van der Waals surface area (Å²) in [5, 5.41) is 6.80. The van der Waals surface area contributed by atoms with Gasteiger partial charge in [-0.05, 0) is 31.2 Å². The van der Waals surface area contributed by atoms with Gasteiger partial charge < -0.3 is 9.47 Å². The second kappa shape index (κ2) is 6.30. The lowest BCUT2D eigenvalue weighted by molar-refractivity contribution is 0.0512. The summed E-state index contributed by atoms with van der Waals surface area (Å²) >= 11 is 3.53. The van der Waals surface area contributed by atoms with Crippen molar-refractivity contribution in [2.45, 2.75) is 35.8 Å². The van der Waals surface area contributed by atoms with Gasteiger partial charge in [0, 0.05) is 30.1 Å². The number of hydrogen-bond acceptors (Lipinski definition) is 6. The van der Waals surface area contributed by atoms with Crippen LogP contribution in [-0.2, 0) is 15.2 Å². The summed E-state index contributed by atoms with van der Waals surface area (Å²) in [4.78, 5) is 12.3. The van der Waals surface area contributed by atoms with Crippen molar-refractivity contribution in [2.75, 3.05) is 19.8 Å². The van der Waals surface area contributed by atoms with E-state index in [1.807, 2.05) is 6.92 Å². The fraction of sp³-hybridized carbons (Fsp3) is 0.500. The number of aromatic nitrogens is 2. The van der Waals surface area contributed by atoms with Crippen molar-refractivity contribution in [1.82, 2.24) is 9.78 Å². The second-order valence-corrected chi connectivity index (χ2v) is 7.75. The first kappa shape index (κ1) is 15.2. The van der Waals surface area contributed by atoms with Crippen LogP contribution >= 0.6 is 23.1 Å². The molecule has 0 bridgehead atoms. The minimum atomic E-state index is -0.311. The maximum Gasteiger partial charge on any atom is 0.359 e. The van der Waals surface area contributed by atoms with Gasteiger partial charge in [-0.3, -0.25) is 4.68 Å². The van der Waals surface area contributed by atoms with Gasteiger partial charge in [-0.1, -0.05) is 0 Å². The van der Waals surface area contributed by atoms with Crippen molar-refractivity contribution in [1.29, 1.82) is 0 Å². The minimum absolute atomic E-state index is 0.288. The highest BCUT2D eigenvalue weighted by Gasteiger charge is 2.32. The number of thiophene rings is 1. The van der Waals surface area contributed by atoms with Crippen molar-refractivity contribution < 1.29 is 14.3 Å². The molecular weight excluding hydrogens is 332 g/mol. The van der Waals surface area contributed by atoms with Crippen molar-refractivity contribution >= 4 is 29.1 Å². The van der Waals surface area contributed by atoms with E-state index in [4.69, 9.17) is 14.6 Å². The molecule has 7 heteroatoms. The summed E-state index contributed by atoms with van der Waals surface area (Å²) in [6.07, 6.45) is 1.87. The molecule has 5 nitrogen and oxygen atoms in total. The number of hydrogen-bond donors (Lipinski definition) is 0. The first-order chi connectivity index (χ1) is 11.3. The Kier molecular flexibility index (Phi) is 4.17. The van der Waals surface area contributed by atoms with Gasteiger partial charge in [0.2, 0.25) is 0 Å². The van der Waals surface area contributed by atoms with Gasteiger partial charge in [-0.15, -0.1) is 23.1 Å². The van der Waals surface area contributed by atoms with E-state index in [0.717, 1.165) is 43.1 Å². The van der Waals surface area contributed by atoms with Gasteiger partial charge in [0.15, 0.2) is 5.69 Å². The Bertz CT molecular complexity index is 732. The van der Waals surface area contributed by atoms with Gasteiger partial charge in [0.05, 0.1) is 22.6 Å². The van der Waals surface area contributed by atoms with Gasteiger partial charge in [0.25, 0.3) is 0 Å². The molecule has 0 unspecified atom stereocenters. The summed E-state index contributed by atoms with van der Waals surface area (Å²) in [5.41, 5.74) is 3.81. The monoisotopic (exact) mass is 350 g/mol.